The highest BCUT2D eigenvalue weighted by atomic mass is 32.1. The molecule has 0 amide bonds. The Morgan fingerprint density at radius 3 is 2.45 bits per heavy atom. The number of aliphatic hydroxyl groups is 1. The van der Waals surface area contributed by atoms with Crippen LogP contribution in [-0.4, -0.2) is 16.3 Å². The van der Waals surface area contributed by atoms with Gasteiger partial charge in [0.05, 0.1) is 13.2 Å². The second kappa shape index (κ2) is 6.82. The molecule has 0 unspecified atom stereocenters. The van der Waals surface area contributed by atoms with Gasteiger partial charge in [0.2, 0.25) is 0 Å². The molecule has 3 nitrogen and oxygen atoms in total. The summed E-state index contributed by atoms with van der Waals surface area (Å²) < 4.78 is 12.2. The number of aliphatic hydroxyl groups excluding tert-OH is 1. The van der Waals surface area contributed by atoms with Gasteiger partial charge in [-0.2, -0.15) is 11.3 Å². The van der Waals surface area contributed by atoms with Crippen molar-refractivity contribution in [3.8, 4) is 5.75 Å². The average Bonchev–Trinajstić information content (AvgIpc) is 2.98. The summed E-state index contributed by atoms with van der Waals surface area (Å²) in [5.41, 5.74) is 1.03. The summed E-state index contributed by atoms with van der Waals surface area (Å²) in [7, 11) is 0. The van der Waals surface area contributed by atoms with Crippen LogP contribution in [0.2, 0.25) is 0 Å². The van der Waals surface area contributed by atoms with E-state index in [4.69, 9.17) is 9.47 Å². The SMILES string of the molecule is CC(C)(OCc1ccsc1)C(C)(C)Oc1cccc(CO)c1. The van der Waals surface area contributed by atoms with E-state index in [1.807, 2.05) is 57.3 Å². The van der Waals surface area contributed by atoms with Crippen LogP contribution in [0.25, 0.3) is 0 Å². The van der Waals surface area contributed by atoms with Gasteiger partial charge in [-0.3, -0.25) is 0 Å². The number of benzene rings is 1. The third-order valence-corrected chi connectivity index (χ3v) is 4.82. The molecule has 0 aliphatic heterocycles. The molecule has 0 bridgehead atoms. The van der Waals surface area contributed by atoms with Gasteiger partial charge in [-0.05, 0) is 67.8 Å². The van der Waals surface area contributed by atoms with Crippen LogP contribution in [0.5, 0.6) is 5.75 Å². The molecule has 0 fully saturated rings. The van der Waals surface area contributed by atoms with E-state index in [0.717, 1.165) is 11.3 Å². The number of hydrogen-bond acceptors (Lipinski definition) is 4. The summed E-state index contributed by atoms with van der Waals surface area (Å²) in [5.74, 6) is 0.740. The zero-order valence-corrected chi connectivity index (χ0v) is 14.4. The Bertz CT molecular complexity index is 588. The maximum absolute atomic E-state index is 9.23. The second-order valence-electron chi connectivity index (χ2n) is 6.35. The predicted octanol–water partition coefficient (Wildman–Crippen LogP) is 4.39. The molecule has 0 aliphatic rings. The summed E-state index contributed by atoms with van der Waals surface area (Å²) in [4.78, 5) is 0. The van der Waals surface area contributed by atoms with Gasteiger partial charge in [0.1, 0.15) is 17.0 Å². The molecule has 1 heterocycles. The van der Waals surface area contributed by atoms with E-state index >= 15 is 0 Å². The van der Waals surface area contributed by atoms with Gasteiger partial charge in [-0.15, -0.1) is 0 Å². The fourth-order valence-corrected chi connectivity index (χ4v) is 2.59. The van der Waals surface area contributed by atoms with E-state index in [1.165, 1.54) is 5.56 Å². The lowest BCUT2D eigenvalue weighted by atomic mass is 9.89. The van der Waals surface area contributed by atoms with Crippen LogP contribution in [0.4, 0.5) is 0 Å². The van der Waals surface area contributed by atoms with E-state index in [2.05, 4.69) is 11.4 Å². The summed E-state index contributed by atoms with van der Waals surface area (Å²) in [6.45, 7) is 8.69. The smallest absolute Gasteiger partial charge is 0.132 e. The van der Waals surface area contributed by atoms with Crippen molar-refractivity contribution in [1.29, 1.82) is 0 Å². The Morgan fingerprint density at radius 2 is 1.82 bits per heavy atom. The largest absolute Gasteiger partial charge is 0.485 e. The normalized spacial score (nSPS) is 12.4. The minimum absolute atomic E-state index is 0.00960. The molecule has 4 heteroatoms. The maximum Gasteiger partial charge on any atom is 0.132 e. The molecule has 120 valence electrons. The van der Waals surface area contributed by atoms with E-state index in [0.29, 0.717) is 6.61 Å². The molecule has 0 atom stereocenters. The van der Waals surface area contributed by atoms with Crippen molar-refractivity contribution in [2.45, 2.75) is 52.1 Å². The van der Waals surface area contributed by atoms with Gasteiger partial charge >= 0.3 is 0 Å². The predicted molar refractivity (Wildman–Crippen MR) is 90.3 cm³/mol. The summed E-state index contributed by atoms with van der Waals surface area (Å²) in [5, 5.41) is 13.4. The molecule has 1 aromatic heterocycles. The highest BCUT2D eigenvalue weighted by Crippen LogP contribution is 2.32. The summed E-state index contributed by atoms with van der Waals surface area (Å²) >= 11 is 1.67. The van der Waals surface area contributed by atoms with Gasteiger partial charge < -0.3 is 14.6 Å². The number of ether oxygens (including phenoxy) is 2. The van der Waals surface area contributed by atoms with Crippen LogP contribution in [0.1, 0.15) is 38.8 Å². The standard InChI is InChI=1S/C18H24O3S/c1-17(2,20-12-15-8-9-22-13-15)18(3,4)21-16-7-5-6-14(10-16)11-19/h5-10,13,19H,11-12H2,1-4H3. The molecule has 0 saturated carbocycles. The zero-order chi connectivity index (χ0) is 16.2. The fraction of sp³-hybridized carbons (Fsp3) is 0.444. The van der Waals surface area contributed by atoms with Crippen LogP contribution in [0.15, 0.2) is 41.1 Å². The molecule has 22 heavy (non-hydrogen) atoms. The molecule has 1 N–H and O–H groups in total. The third kappa shape index (κ3) is 4.09. The van der Waals surface area contributed by atoms with Gasteiger partial charge in [0.25, 0.3) is 0 Å². The van der Waals surface area contributed by atoms with Crippen molar-refractivity contribution in [1.82, 2.24) is 0 Å². The summed E-state index contributed by atoms with van der Waals surface area (Å²) in [6, 6.07) is 9.58. The van der Waals surface area contributed by atoms with Gasteiger partial charge in [-0.1, -0.05) is 12.1 Å². The van der Waals surface area contributed by atoms with Crippen LogP contribution in [-0.2, 0) is 18.0 Å². The number of rotatable bonds is 7. The quantitative estimate of drug-likeness (QED) is 0.822. The third-order valence-electron chi connectivity index (χ3n) is 4.08. The van der Waals surface area contributed by atoms with E-state index in [1.54, 1.807) is 11.3 Å². The Balaban J connectivity index is 2.06. The molecule has 0 spiro atoms. The lowest BCUT2D eigenvalue weighted by molar-refractivity contribution is -0.141. The first-order valence-corrected chi connectivity index (χ1v) is 8.32. The lowest BCUT2D eigenvalue weighted by Gasteiger charge is -2.41. The van der Waals surface area contributed by atoms with Crippen molar-refractivity contribution >= 4 is 11.3 Å². The fourth-order valence-electron chi connectivity index (χ4n) is 1.94. The Kier molecular flexibility index (Phi) is 5.27. The van der Waals surface area contributed by atoms with Crippen molar-refractivity contribution in [3.05, 3.63) is 52.2 Å². The van der Waals surface area contributed by atoms with E-state index < -0.39 is 11.2 Å². The molecule has 2 aromatic rings. The van der Waals surface area contributed by atoms with Crippen molar-refractivity contribution < 1.29 is 14.6 Å². The molecule has 2 rings (SSSR count). The van der Waals surface area contributed by atoms with Crippen LogP contribution in [0.3, 0.4) is 0 Å². The number of hydrogen-bond donors (Lipinski definition) is 1. The van der Waals surface area contributed by atoms with Crippen molar-refractivity contribution in [3.63, 3.8) is 0 Å². The van der Waals surface area contributed by atoms with Gasteiger partial charge in [-0.25, -0.2) is 0 Å². The van der Waals surface area contributed by atoms with Gasteiger partial charge in [0.15, 0.2) is 0 Å². The Labute approximate surface area is 136 Å². The highest BCUT2D eigenvalue weighted by Gasteiger charge is 2.40. The minimum atomic E-state index is -0.517. The molecular formula is C18H24O3S. The van der Waals surface area contributed by atoms with Crippen molar-refractivity contribution in [2.24, 2.45) is 0 Å². The van der Waals surface area contributed by atoms with Gasteiger partial charge in [0, 0.05) is 0 Å². The van der Waals surface area contributed by atoms with E-state index in [9.17, 15) is 5.11 Å². The molecule has 0 saturated heterocycles. The monoisotopic (exact) mass is 320 g/mol. The van der Waals surface area contributed by atoms with Crippen LogP contribution < -0.4 is 4.74 Å². The first-order valence-electron chi connectivity index (χ1n) is 7.38. The molecule has 0 aliphatic carbocycles. The lowest BCUT2D eigenvalue weighted by Crippen LogP contribution is -2.51. The highest BCUT2D eigenvalue weighted by molar-refractivity contribution is 7.07. The topological polar surface area (TPSA) is 38.7 Å². The first kappa shape index (κ1) is 17.0. The number of thiophene rings is 1. The first-order chi connectivity index (χ1) is 10.3. The van der Waals surface area contributed by atoms with Crippen LogP contribution in [0, 0.1) is 0 Å². The second-order valence-corrected chi connectivity index (χ2v) is 7.13. The van der Waals surface area contributed by atoms with Crippen LogP contribution >= 0.6 is 11.3 Å². The molecule has 1 aromatic carbocycles. The zero-order valence-electron chi connectivity index (χ0n) is 13.6. The van der Waals surface area contributed by atoms with Crippen molar-refractivity contribution in [2.75, 3.05) is 0 Å². The van der Waals surface area contributed by atoms with E-state index in [-0.39, 0.29) is 6.61 Å². The Morgan fingerprint density at radius 1 is 1.05 bits per heavy atom. The summed E-state index contributed by atoms with van der Waals surface area (Å²) in [6.07, 6.45) is 0. The molecular weight excluding hydrogens is 296 g/mol. The minimum Gasteiger partial charge on any atom is -0.485 e. The maximum atomic E-state index is 9.23. The Hall–Kier alpha value is -1.36. The molecule has 0 radical (unpaired) electrons. The average molecular weight is 320 g/mol.